The van der Waals surface area contributed by atoms with Crippen molar-refractivity contribution in [1.82, 2.24) is 0 Å². The Morgan fingerprint density at radius 3 is 2.44 bits per heavy atom. The summed E-state index contributed by atoms with van der Waals surface area (Å²) in [5.41, 5.74) is 0.653. The summed E-state index contributed by atoms with van der Waals surface area (Å²) < 4.78 is 13.0. The molecule has 0 aromatic rings. The van der Waals surface area contributed by atoms with Gasteiger partial charge in [0.25, 0.3) is 0 Å². The van der Waals surface area contributed by atoms with E-state index in [-0.39, 0.29) is 36.1 Å². The molecule has 0 unspecified atom stereocenters. The first kappa shape index (κ1) is 22.3. The van der Waals surface area contributed by atoms with Crippen LogP contribution in [0.2, 0.25) is 0 Å². The van der Waals surface area contributed by atoms with Gasteiger partial charge in [-0.1, -0.05) is 20.8 Å². The van der Waals surface area contributed by atoms with Crippen molar-refractivity contribution in [2.75, 3.05) is 13.2 Å². The average Bonchev–Trinajstić information content (AvgIpc) is 3.22. The lowest BCUT2D eigenvalue weighted by Gasteiger charge is -2.61. The van der Waals surface area contributed by atoms with Crippen molar-refractivity contribution in [1.29, 1.82) is 0 Å². The predicted octanol–water partition coefficient (Wildman–Crippen LogP) is 3.74. The smallest absolute Gasteiger partial charge is 0.197 e. The Morgan fingerprint density at radius 2 is 1.69 bits per heavy atom. The molecule has 5 nitrogen and oxygen atoms in total. The van der Waals surface area contributed by atoms with E-state index >= 15 is 0 Å². The second-order valence-electron chi connectivity index (χ2n) is 13.2. The second-order valence-corrected chi connectivity index (χ2v) is 13.2. The van der Waals surface area contributed by atoms with Crippen LogP contribution in [0.25, 0.3) is 0 Å². The van der Waals surface area contributed by atoms with E-state index in [1.807, 2.05) is 0 Å². The molecule has 5 heteroatoms. The van der Waals surface area contributed by atoms with Crippen molar-refractivity contribution in [3.05, 3.63) is 0 Å². The molecule has 4 saturated carbocycles. The molecule has 2 aliphatic heterocycles. The topological polar surface area (TPSA) is 79.2 Å². The van der Waals surface area contributed by atoms with Crippen LogP contribution in [0.5, 0.6) is 0 Å². The fourth-order valence-corrected chi connectivity index (χ4v) is 10.4. The SMILES string of the molecule is C[C@H]1[C@H]2[C@H](C[C@H]3[C@@H]4CC[C@H]5C[C@@H](O)CC[C@]5(C)[C@H]4CC[C@]23C)O[C@@]12OC[C@H](CO)C[C@@H]2O. The Labute approximate surface area is 193 Å². The normalized spacial score (nSPS) is 61.7. The van der Waals surface area contributed by atoms with Gasteiger partial charge >= 0.3 is 0 Å². The maximum absolute atomic E-state index is 11.1. The van der Waals surface area contributed by atoms with Crippen LogP contribution in [0.15, 0.2) is 0 Å². The first-order valence-electron chi connectivity index (χ1n) is 13.5. The fraction of sp³-hybridized carbons (Fsp3) is 1.00. The lowest BCUT2D eigenvalue weighted by Crippen LogP contribution is -2.58. The molecule has 0 radical (unpaired) electrons. The van der Waals surface area contributed by atoms with Crippen LogP contribution in [0.1, 0.15) is 78.6 Å². The zero-order valence-electron chi connectivity index (χ0n) is 20.2. The molecule has 0 aromatic carbocycles. The van der Waals surface area contributed by atoms with Crippen LogP contribution in [-0.2, 0) is 9.47 Å². The standard InChI is InChI=1S/C27H44O5/c1-15-24-22(32-27(15)23(30)10-16(13-28)14-31-27)12-21-19-5-4-17-11-18(29)6-8-25(17,2)20(19)7-9-26(21,24)3/h15-24,28-30H,4-14H2,1-3H3/t15-,16-,17-,18-,19+,20-,21-,22-,23-,24-,25-,26-,27-/m0/s1. The lowest BCUT2D eigenvalue weighted by atomic mass is 9.44. The van der Waals surface area contributed by atoms with Gasteiger partial charge in [0.15, 0.2) is 5.79 Å². The van der Waals surface area contributed by atoms with Gasteiger partial charge in [0, 0.05) is 18.4 Å². The van der Waals surface area contributed by atoms with Gasteiger partial charge in [0.05, 0.1) is 18.8 Å². The largest absolute Gasteiger partial charge is 0.396 e. The monoisotopic (exact) mass is 448 g/mol. The molecule has 6 aliphatic rings. The molecule has 2 heterocycles. The molecule has 3 N–H and O–H groups in total. The maximum Gasteiger partial charge on any atom is 0.197 e. The van der Waals surface area contributed by atoms with Gasteiger partial charge in [-0.05, 0) is 98.2 Å². The van der Waals surface area contributed by atoms with Gasteiger partial charge in [-0.2, -0.15) is 0 Å². The van der Waals surface area contributed by atoms with E-state index in [0.717, 1.165) is 31.1 Å². The molecule has 6 rings (SSSR count). The Morgan fingerprint density at radius 1 is 0.906 bits per heavy atom. The number of ether oxygens (including phenoxy) is 2. The molecule has 1 spiro atoms. The molecular weight excluding hydrogens is 404 g/mol. The van der Waals surface area contributed by atoms with E-state index in [4.69, 9.17) is 9.47 Å². The average molecular weight is 449 g/mol. The highest BCUT2D eigenvalue weighted by Crippen LogP contribution is 2.71. The Hall–Kier alpha value is -0.200. The fourth-order valence-electron chi connectivity index (χ4n) is 10.4. The van der Waals surface area contributed by atoms with Crippen LogP contribution in [-0.4, -0.2) is 52.6 Å². The van der Waals surface area contributed by atoms with Crippen molar-refractivity contribution < 1.29 is 24.8 Å². The summed E-state index contributed by atoms with van der Waals surface area (Å²) in [5, 5.41) is 30.9. The van der Waals surface area contributed by atoms with E-state index < -0.39 is 11.9 Å². The van der Waals surface area contributed by atoms with Crippen LogP contribution < -0.4 is 0 Å². The zero-order valence-corrected chi connectivity index (χ0v) is 20.2. The zero-order chi connectivity index (χ0) is 22.5. The van der Waals surface area contributed by atoms with E-state index in [9.17, 15) is 15.3 Å². The minimum atomic E-state index is -0.880. The summed E-state index contributed by atoms with van der Waals surface area (Å²) in [5.74, 6) is 2.70. The van der Waals surface area contributed by atoms with Crippen molar-refractivity contribution in [2.24, 2.45) is 52.3 Å². The number of fused-ring (bicyclic) bond motifs is 7. The van der Waals surface area contributed by atoms with Gasteiger partial charge in [-0.3, -0.25) is 0 Å². The summed E-state index contributed by atoms with van der Waals surface area (Å²) in [7, 11) is 0. The quantitative estimate of drug-likeness (QED) is 0.570. The van der Waals surface area contributed by atoms with Crippen LogP contribution in [0.4, 0.5) is 0 Å². The third kappa shape index (κ3) is 2.81. The van der Waals surface area contributed by atoms with Crippen molar-refractivity contribution >= 4 is 0 Å². The molecule has 0 bridgehead atoms. The third-order valence-corrected chi connectivity index (χ3v) is 12.1. The number of hydrogen-bond donors (Lipinski definition) is 3. The molecule has 0 amide bonds. The lowest BCUT2D eigenvalue weighted by molar-refractivity contribution is -0.318. The summed E-state index contributed by atoms with van der Waals surface area (Å²) in [4.78, 5) is 0. The highest BCUT2D eigenvalue weighted by molar-refractivity contribution is 5.16. The molecule has 0 aromatic heterocycles. The number of aliphatic hydroxyl groups is 3. The molecule has 2 saturated heterocycles. The number of aliphatic hydroxyl groups excluding tert-OH is 3. The first-order valence-corrected chi connectivity index (χ1v) is 13.5. The minimum Gasteiger partial charge on any atom is -0.396 e. The summed E-state index contributed by atoms with van der Waals surface area (Å²) in [6.07, 6.45) is 9.46. The van der Waals surface area contributed by atoms with E-state index in [1.165, 1.54) is 32.1 Å². The van der Waals surface area contributed by atoms with E-state index in [2.05, 4.69) is 20.8 Å². The molecule has 182 valence electrons. The predicted molar refractivity (Wildman–Crippen MR) is 121 cm³/mol. The van der Waals surface area contributed by atoms with Crippen molar-refractivity contribution in [2.45, 2.75) is 103 Å². The highest BCUT2D eigenvalue weighted by atomic mass is 16.7. The second kappa shape index (κ2) is 7.40. The molecule has 13 atom stereocenters. The number of hydrogen-bond acceptors (Lipinski definition) is 5. The third-order valence-electron chi connectivity index (χ3n) is 12.1. The van der Waals surface area contributed by atoms with Crippen molar-refractivity contribution in [3.63, 3.8) is 0 Å². The van der Waals surface area contributed by atoms with Gasteiger partial charge in [-0.15, -0.1) is 0 Å². The maximum atomic E-state index is 11.1. The van der Waals surface area contributed by atoms with Gasteiger partial charge in [-0.25, -0.2) is 0 Å². The van der Waals surface area contributed by atoms with E-state index in [0.29, 0.717) is 36.2 Å². The Balaban J connectivity index is 1.25. The number of rotatable bonds is 1. The summed E-state index contributed by atoms with van der Waals surface area (Å²) in [6.45, 7) is 7.88. The molecular formula is C27H44O5. The van der Waals surface area contributed by atoms with Crippen LogP contribution in [0, 0.1) is 52.3 Å². The van der Waals surface area contributed by atoms with Crippen LogP contribution in [0.3, 0.4) is 0 Å². The van der Waals surface area contributed by atoms with Gasteiger partial charge in [0.1, 0.15) is 6.10 Å². The molecule has 32 heavy (non-hydrogen) atoms. The summed E-state index contributed by atoms with van der Waals surface area (Å²) in [6, 6.07) is 0. The Bertz CT molecular complexity index is 744. The first-order chi connectivity index (χ1) is 15.2. The molecule has 6 fully saturated rings. The highest BCUT2D eigenvalue weighted by Gasteiger charge is 2.70. The van der Waals surface area contributed by atoms with Crippen LogP contribution >= 0.6 is 0 Å². The molecule has 4 aliphatic carbocycles. The summed E-state index contributed by atoms with van der Waals surface area (Å²) >= 11 is 0. The van der Waals surface area contributed by atoms with Gasteiger partial charge < -0.3 is 24.8 Å². The minimum absolute atomic E-state index is 0.00980. The Kier molecular flexibility index (Phi) is 5.15. The van der Waals surface area contributed by atoms with Gasteiger partial charge in [0.2, 0.25) is 0 Å². The van der Waals surface area contributed by atoms with E-state index in [1.54, 1.807) is 0 Å². The van der Waals surface area contributed by atoms with Crippen molar-refractivity contribution in [3.8, 4) is 0 Å².